The van der Waals surface area contributed by atoms with Gasteiger partial charge < -0.3 is 14.9 Å². The van der Waals surface area contributed by atoms with Crippen LogP contribution in [0.4, 0.5) is 0 Å². The molecule has 2 heterocycles. The number of aryl methyl sites for hydroxylation is 1. The fraction of sp³-hybridized carbons (Fsp3) is 0.588. The first-order chi connectivity index (χ1) is 10.5. The zero-order chi connectivity index (χ0) is 16.4. The highest BCUT2D eigenvalue weighted by molar-refractivity contribution is 5.62. The maximum Gasteiger partial charge on any atom is 0.300 e. The van der Waals surface area contributed by atoms with Crippen molar-refractivity contribution in [3.05, 3.63) is 29.8 Å². The molecule has 2 unspecified atom stereocenters. The second-order valence-electron chi connectivity index (χ2n) is 5.43. The van der Waals surface area contributed by atoms with Crippen LogP contribution in [-0.4, -0.2) is 47.0 Å². The maximum atomic E-state index is 9.41. The lowest BCUT2D eigenvalue weighted by atomic mass is 10.1. The summed E-state index contributed by atoms with van der Waals surface area (Å²) in [5.74, 6) is -0.395. The van der Waals surface area contributed by atoms with Crippen molar-refractivity contribution in [1.29, 1.82) is 0 Å². The summed E-state index contributed by atoms with van der Waals surface area (Å²) >= 11 is 0. The largest absolute Gasteiger partial charge is 0.508 e. The molecular formula is C17H27NO4. The van der Waals surface area contributed by atoms with Crippen LogP contribution in [0.3, 0.4) is 0 Å². The third-order valence-electron chi connectivity index (χ3n) is 3.39. The van der Waals surface area contributed by atoms with E-state index in [9.17, 15) is 5.11 Å². The first-order valence-electron chi connectivity index (χ1n) is 7.86. The molecule has 2 atom stereocenters. The number of nitrogens with zero attached hydrogens (tertiary/aromatic N) is 1. The number of morpholine rings is 1. The standard InChI is InChI=1S/C11H16O.C4H7NO.C2H4O2/c1-2-3-4-7-10-8-5-6-9-11(10)12;1-2-6-4-3-5(1)4;1-2(3)4/h5-6,8-9,12H,2-4,7H2,1H3;4H,1-3H2;1H3,(H,3,4). The van der Waals surface area contributed by atoms with Crippen LogP contribution >= 0.6 is 0 Å². The predicted octanol–water partition coefficient (Wildman–Crippen LogP) is 2.87. The summed E-state index contributed by atoms with van der Waals surface area (Å²) < 4.78 is 5.15. The van der Waals surface area contributed by atoms with Gasteiger partial charge in [0.05, 0.1) is 6.61 Å². The molecule has 0 aromatic heterocycles. The van der Waals surface area contributed by atoms with Gasteiger partial charge in [-0.3, -0.25) is 9.69 Å². The van der Waals surface area contributed by atoms with Crippen LogP contribution in [0.25, 0.3) is 0 Å². The number of carboxylic acid groups (broad SMARTS) is 1. The molecule has 0 amide bonds. The van der Waals surface area contributed by atoms with Crippen molar-refractivity contribution < 1.29 is 19.7 Å². The number of fused-ring (bicyclic) bond motifs is 1. The number of phenols is 1. The van der Waals surface area contributed by atoms with E-state index >= 15 is 0 Å². The highest BCUT2D eigenvalue weighted by Crippen LogP contribution is 2.22. The normalized spacial score (nSPS) is 20.8. The molecule has 2 saturated heterocycles. The average molecular weight is 309 g/mol. The van der Waals surface area contributed by atoms with Crippen molar-refractivity contribution in [1.82, 2.24) is 4.90 Å². The number of aromatic hydroxyl groups is 1. The minimum Gasteiger partial charge on any atom is -0.508 e. The molecule has 2 fully saturated rings. The zero-order valence-electron chi connectivity index (χ0n) is 13.5. The molecule has 2 N–H and O–H groups in total. The summed E-state index contributed by atoms with van der Waals surface area (Å²) in [6, 6.07) is 7.58. The molecule has 0 spiro atoms. The van der Waals surface area contributed by atoms with E-state index in [0.29, 0.717) is 12.0 Å². The summed E-state index contributed by atoms with van der Waals surface area (Å²) in [6.45, 7) is 6.60. The Bertz CT molecular complexity index is 438. The zero-order valence-corrected chi connectivity index (χ0v) is 13.5. The van der Waals surface area contributed by atoms with Crippen LogP contribution in [0.5, 0.6) is 5.75 Å². The molecule has 5 heteroatoms. The summed E-state index contributed by atoms with van der Waals surface area (Å²) in [6.07, 6.45) is 5.20. The van der Waals surface area contributed by atoms with Gasteiger partial charge in [-0.1, -0.05) is 38.0 Å². The molecule has 0 radical (unpaired) electrons. The molecule has 0 saturated carbocycles. The van der Waals surface area contributed by atoms with E-state index < -0.39 is 5.97 Å². The van der Waals surface area contributed by atoms with Crippen LogP contribution < -0.4 is 0 Å². The van der Waals surface area contributed by atoms with Crippen molar-refractivity contribution in [2.75, 3.05) is 19.7 Å². The van der Waals surface area contributed by atoms with Gasteiger partial charge >= 0.3 is 0 Å². The van der Waals surface area contributed by atoms with E-state index in [2.05, 4.69) is 11.8 Å². The number of hydrogen-bond acceptors (Lipinski definition) is 4. The van der Waals surface area contributed by atoms with Gasteiger partial charge in [0.2, 0.25) is 0 Å². The lowest BCUT2D eigenvalue weighted by Crippen LogP contribution is -1.96. The van der Waals surface area contributed by atoms with E-state index in [1.54, 1.807) is 6.07 Å². The molecule has 1 aromatic rings. The van der Waals surface area contributed by atoms with E-state index in [4.69, 9.17) is 14.6 Å². The number of benzene rings is 1. The number of carboxylic acids is 1. The van der Waals surface area contributed by atoms with Crippen molar-refractivity contribution in [2.24, 2.45) is 0 Å². The van der Waals surface area contributed by atoms with Gasteiger partial charge in [-0.25, -0.2) is 0 Å². The molecule has 5 nitrogen and oxygen atoms in total. The van der Waals surface area contributed by atoms with E-state index in [0.717, 1.165) is 25.5 Å². The molecule has 3 rings (SSSR count). The van der Waals surface area contributed by atoms with Crippen LogP contribution in [0, 0.1) is 0 Å². The summed E-state index contributed by atoms with van der Waals surface area (Å²) in [5, 5.41) is 16.8. The first kappa shape index (κ1) is 18.5. The number of aliphatic carboxylic acids is 1. The first-order valence-corrected chi connectivity index (χ1v) is 7.86. The lowest BCUT2D eigenvalue weighted by Gasteiger charge is -2.02. The average Bonchev–Trinajstić information content (AvgIpc) is 3.07. The number of ether oxygens (including phenoxy) is 1. The number of rotatable bonds is 4. The third-order valence-corrected chi connectivity index (χ3v) is 3.39. The Balaban J connectivity index is 0.000000198. The Kier molecular flexibility index (Phi) is 8.55. The Morgan fingerprint density at radius 3 is 2.45 bits per heavy atom. The minimum atomic E-state index is -0.833. The van der Waals surface area contributed by atoms with Gasteiger partial charge in [-0.15, -0.1) is 0 Å². The highest BCUT2D eigenvalue weighted by atomic mass is 16.5. The van der Waals surface area contributed by atoms with E-state index in [-0.39, 0.29) is 0 Å². The highest BCUT2D eigenvalue weighted by Gasteiger charge is 2.39. The summed E-state index contributed by atoms with van der Waals surface area (Å²) in [5.41, 5.74) is 1.07. The summed E-state index contributed by atoms with van der Waals surface area (Å²) in [7, 11) is 0. The Hall–Kier alpha value is -1.59. The lowest BCUT2D eigenvalue weighted by molar-refractivity contribution is -0.134. The molecule has 124 valence electrons. The fourth-order valence-electron chi connectivity index (χ4n) is 2.14. The molecule has 2 aliphatic heterocycles. The van der Waals surface area contributed by atoms with Crippen molar-refractivity contribution in [3.63, 3.8) is 0 Å². The third kappa shape index (κ3) is 8.00. The van der Waals surface area contributed by atoms with Crippen LogP contribution in [-0.2, 0) is 16.0 Å². The Morgan fingerprint density at radius 1 is 1.36 bits per heavy atom. The van der Waals surface area contributed by atoms with Crippen molar-refractivity contribution in [3.8, 4) is 5.75 Å². The molecule has 1 aromatic carbocycles. The van der Waals surface area contributed by atoms with E-state index in [1.807, 2.05) is 18.2 Å². The number of para-hydroxylation sites is 1. The smallest absolute Gasteiger partial charge is 0.300 e. The number of carbonyl (C=O) groups is 1. The molecule has 22 heavy (non-hydrogen) atoms. The Labute approximate surface area is 132 Å². The second-order valence-corrected chi connectivity index (χ2v) is 5.43. The summed E-state index contributed by atoms with van der Waals surface area (Å²) in [4.78, 5) is 11.3. The number of unbranched alkanes of at least 4 members (excludes halogenated alkanes) is 2. The monoisotopic (exact) mass is 309 g/mol. The molecule has 2 aliphatic rings. The van der Waals surface area contributed by atoms with Gasteiger partial charge in [0, 0.05) is 20.0 Å². The van der Waals surface area contributed by atoms with E-state index in [1.165, 1.54) is 32.4 Å². The topological polar surface area (TPSA) is 69.8 Å². The quantitative estimate of drug-likeness (QED) is 0.661. The Morgan fingerprint density at radius 2 is 2.05 bits per heavy atom. The van der Waals surface area contributed by atoms with Gasteiger partial charge in [-0.2, -0.15) is 0 Å². The molecule has 0 bridgehead atoms. The minimum absolute atomic E-state index is 0.439. The predicted molar refractivity (Wildman–Crippen MR) is 86.0 cm³/mol. The van der Waals surface area contributed by atoms with Gasteiger partial charge in [0.15, 0.2) is 0 Å². The van der Waals surface area contributed by atoms with Crippen LogP contribution in [0.1, 0.15) is 38.7 Å². The molecular weight excluding hydrogens is 282 g/mol. The SMILES string of the molecule is C1CN2CC2O1.CC(=O)O.CCCCCc1ccccc1O. The van der Waals surface area contributed by atoms with Crippen LogP contribution in [0.2, 0.25) is 0 Å². The second kappa shape index (κ2) is 10.2. The molecule has 0 aliphatic carbocycles. The maximum absolute atomic E-state index is 9.41. The number of hydrogen-bond donors (Lipinski definition) is 2. The van der Waals surface area contributed by atoms with Crippen molar-refractivity contribution >= 4 is 5.97 Å². The van der Waals surface area contributed by atoms with Crippen molar-refractivity contribution in [2.45, 2.75) is 45.8 Å². The van der Waals surface area contributed by atoms with Gasteiger partial charge in [0.25, 0.3) is 5.97 Å². The number of phenolic OH excluding ortho intramolecular Hbond substituents is 1. The van der Waals surface area contributed by atoms with Gasteiger partial charge in [0.1, 0.15) is 12.0 Å². The van der Waals surface area contributed by atoms with Gasteiger partial charge in [-0.05, 0) is 24.5 Å². The van der Waals surface area contributed by atoms with Crippen LogP contribution in [0.15, 0.2) is 24.3 Å². The fourth-order valence-corrected chi connectivity index (χ4v) is 2.14.